The minimum absolute atomic E-state index is 0.0914. The second-order valence-corrected chi connectivity index (χ2v) is 5.37. The fourth-order valence-corrected chi connectivity index (χ4v) is 2.66. The normalized spacial score (nSPS) is 18.9. The highest BCUT2D eigenvalue weighted by molar-refractivity contribution is 5.90. The van der Waals surface area contributed by atoms with Gasteiger partial charge in [0, 0.05) is 37.1 Å². The molecule has 0 radical (unpaired) electrons. The van der Waals surface area contributed by atoms with E-state index in [0.29, 0.717) is 31.6 Å². The first-order valence-corrected chi connectivity index (χ1v) is 7.14. The van der Waals surface area contributed by atoms with E-state index in [0.717, 1.165) is 6.07 Å². The summed E-state index contributed by atoms with van der Waals surface area (Å²) in [4.78, 5) is 21.7. The Balaban J connectivity index is 1.73. The van der Waals surface area contributed by atoms with Gasteiger partial charge in [-0.1, -0.05) is 0 Å². The van der Waals surface area contributed by atoms with Crippen LogP contribution in [-0.4, -0.2) is 44.1 Å². The van der Waals surface area contributed by atoms with E-state index in [1.165, 1.54) is 12.4 Å². The summed E-state index contributed by atoms with van der Waals surface area (Å²) >= 11 is 0. The Morgan fingerprint density at radius 3 is 2.70 bits per heavy atom. The molecule has 3 rings (SSSR count). The lowest BCUT2D eigenvalue weighted by Gasteiger charge is -2.31. The molecule has 6 nitrogen and oxygen atoms in total. The van der Waals surface area contributed by atoms with Crippen molar-refractivity contribution in [3.05, 3.63) is 41.7 Å². The monoisotopic (exact) mass is 325 g/mol. The Morgan fingerprint density at radius 2 is 2.04 bits per heavy atom. The fourth-order valence-electron chi connectivity index (χ4n) is 2.66. The van der Waals surface area contributed by atoms with Crippen LogP contribution in [0, 0.1) is 0 Å². The number of hydrogen-bond donors (Lipinski definition) is 1. The van der Waals surface area contributed by atoms with E-state index in [1.807, 2.05) is 0 Å². The summed E-state index contributed by atoms with van der Waals surface area (Å²) in [6, 6.07) is 2.62. The predicted molar refractivity (Wildman–Crippen MR) is 73.5 cm³/mol. The molecule has 1 amide bonds. The highest BCUT2D eigenvalue weighted by Crippen LogP contribution is 2.32. The Kier molecular flexibility index (Phi) is 4.01. The first-order chi connectivity index (χ1) is 10.9. The predicted octanol–water partition coefficient (Wildman–Crippen LogP) is 2.24. The van der Waals surface area contributed by atoms with Crippen LogP contribution in [0.3, 0.4) is 0 Å². The second kappa shape index (κ2) is 5.98. The second-order valence-electron chi connectivity index (χ2n) is 5.37. The summed E-state index contributed by atoms with van der Waals surface area (Å²) in [5, 5.41) is 5.75. The zero-order chi connectivity index (χ0) is 16.4. The SMILES string of the molecule is O=C(c1ncccn1)N1CCC[C@@H](c2cc(C(F)(F)F)n[nH]2)C1. The van der Waals surface area contributed by atoms with E-state index in [9.17, 15) is 18.0 Å². The molecule has 2 aromatic heterocycles. The molecule has 0 aliphatic carbocycles. The first kappa shape index (κ1) is 15.4. The number of likely N-dealkylation sites (tertiary alicyclic amines) is 1. The lowest BCUT2D eigenvalue weighted by molar-refractivity contribution is -0.141. The van der Waals surface area contributed by atoms with Gasteiger partial charge in [-0.3, -0.25) is 9.89 Å². The number of halogens is 3. The number of piperidine rings is 1. The van der Waals surface area contributed by atoms with Crippen molar-refractivity contribution in [1.82, 2.24) is 25.1 Å². The highest BCUT2D eigenvalue weighted by atomic mass is 19.4. The maximum absolute atomic E-state index is 12.6. The molecule has 1 saturated heterocycles. The number of rotatable bonds is 2. The van der Waals surface area contributed by atoms with Crippen LogP contribution in [0.2, 0.25) is 0 Å². The van der Waals surface area contributed by atoms with Crippen LogP contribution >= 0.6 is 0 Å². The molecule has 1 aliphatic rings. The summed E-state index contributed by atoms with van der Waals surface area (Å²) in [6.07, 6.45) is -0.127. The van der Waals surface area contributed by atoms with Gasteiger partial charge in [0.2, 0.25) is 5.82 Å². The molecule has 23 heavy (non-hydrogen) atoms. The van der Waals surface area contributed by atoms with Gasteiger partial charge in [-0.2, -0.15) is 18.3 Å². The molecule has 0 bridgehead atoms. The molecule has 122 valence electrons. The van der Waals surface area contributed by atoms with Gasteiger partial charge < -0.3 is 4.90 Å². The average Bonchev–Trinajstić information content (AvgIpc) is 3.05. The van der Waals surface area contributed by atoms with Gasteiger partial charge in [-0.25, -0.2) is 9.97 Å². The van der Waals surface area contributed by atoms with Crippen molar-refractivity contribution in [1.29, 1.82) is 0 Å². The topological polar surface area (TPSA) is 74.8 Å². The Bertz CT molecular complexity index is 685. The summed E-state index contributed by atoms with van der Waals surface area (Å²) in [5.41, 5.74) is -0.550. The van der Waals surface area contributed by atoms with E-state index in [2.05, 4.69) is 20.2 Å². The zero-order valence-electron chi connectivity index (χ0n) is 12.0. The number of carbonyl (C=O) groups excluding carboxylic acids is 1. The van der Waals surface area contributed by atoms with Crippen LogP contribution < -0.4 is 0 Å². The van der Waals surface area contributed by atoms with Gasteiger partial charge in [0.05, 0.1) is 0 Å². The summed E-state index contributed by atoms with van der Waals surface area (Å²) < 4.78 is 37.9. The molecule has 1 aliphatic heterocycles. The number of amides is 1. The third kappa shape index (κ3) is 3.33. The number of H-pyrrole nitrogens is 1. The van der Waals surface area contributed by atoms with Gasteiger partial charge in [0.15, 0.2) is 5.69 Å². The lowest BCUT2D eigenvalue weighted by Crippen LogP contribution is -2.39. The Hall–Kier alpha value is -2.45. The van der Waals surface area contributed by atoms with Gasteiger partial charge in [-0.15, -0.1) is 0 Å². The molecular weight excluding hydrogens is 311 g/mol. The quantitative estimate of drug-likeness (QED) is 0.919. The van der Waals surface area contributed by atoms with Gasteiger partial charge >= 0.3 is 6.18 Å². The van der Waals surface area contributed by atoms with Gasteiger partial charge in [0.25, 0.3) is 5.91 Å². The van der Waals surface area contributed by atoms with Crippen LogP contribution in [0.1, 0.15) is 40.8 Å². The lowest BCUT2D eigenvalue weighted by atomic mass is 9.94. The number of hydrogen-bond acceptors (Lipinski definition) is 4. The summed E-state index contributed by atoms with van der Waals surface area (Å²) in [6.45, 7) is 0.852. The minimum Gasteiger partial charge on any atom is -0.335 e. The fraction of sp³-hybridized carbons (Fsp3) is 0.429. The number of nitrogens with one attached hydrogen (secondary N) is 1. The molecule has 1 atom stereocenters. The van der Waals surface area contributed by atoms with Crippen molar-refractivity contribution in [2.45, 2.75) is 24.9 Å². The molecule has 3 heterocycles. The van der Waals surface area contributed by atoms with Crippen LogP contribution in [0.4, 0.5) is 13.2 Å². The van der Waals surface area contributed by atoms with Crippen molar-refractivity contribution >= 4 is 5.91 Å². The number of alkyl halides is 3. The van der Waals surface area contributed by atoms with Crippen molar-refractivity contribution in [2.75, 3.05) is 13.1 Å². The average molecular weight is 325 g/mol. The third-order valence-corrected chi connectivity index (χ3v) is 3.79. The smallest absolute Gasteiger partial charge is 0.335 e. The summed E-state index contributed by atoms with van der Waals surface area (Å²) in [5.74, 6) is -0.431. The van der Waals surface area contributed by atoms with Crippen LogP contribution in [-0.2, 0) is 6.18 Å². The molecule has 9 heteroatoms. The Morgan fingerprint density at radius 1 is 1.30 bits per heavy atom. The maximum atomic E-state index is 12.6. The summed E-state index contributed by atoms with van der Waals surface area (Å²) in [7, 11) is 0. The van der Waals surface area contributed by atoms with E-state index in [-0.39, 0.29) is 17.6 Å². The number of carbonyl (C=O) groups is 1. The molecule has 1 N–H and O–H groups in total. The van der Waals surface area contributed by atoms with E-state index < -0.39 is 11.9 Å². The van der Waals surface area contributed by atoms with Crippen LogP contribution in [0.25, 0.3) is 0 Å². The van der Waals surface area contributed by atoms with E-state index >= 15 is 0 Å². The van der Waals surface area contributed by atoms with Crippen molar-refractivity contribution < 1.29 is 18.0 Å². The number of aromatic amines is 1. The van der Waals surface area contributed by atoms with Gasteiger partial charge in [0.1, 0.15) is 0 Å². The largest absolute Gasteiger partial charge is 0.435 e. The van der Waals surface area contributed by atoms with Crippen molar-refractivity contribution in [2.24, 2.45) is 0 Å². The molecule has 0 unspecified atom stereocenters. The Labute approximate surface area is 129 Å². The molecule has 2 aromatic rings. The molecule has 0 saturated carbocycles. The van der Waals surface area contributed by atoms with Crippen LogP contribution in [0.15, 0.2) is 24.5 Å². The minimum atomic E-state index is -4.48. The van der Waals surface area contributed by atoms with Crippen molar-refractivity contribution in [3.63, 3.8) is 0 Å². The first-order valence-electron chi connectivity index (χ1n) is 7.14. The van der Waals surface area contributed by atoms with E-state index in [1.54, 1.807) is 11.0 Å². The molecular formula is C14H14F3N5O. The van der Waals surface area contributed by atoms with Gasteiger partial charge in [-0.05, 0) is 25.0 Å². The zero-order valence-corrected chi connectivity index (χ0v) is 12.0. The van der Waals surface area contributed by atoms with Crippen molar-refractivity contribution in [3.8, 4) is 0 Å². The maximum Gasteiger partial charge on any atom is 0.435 e. The number of nitrogens with zero attached hydrogens (tertiary/aromatic N) is 4. The third-order valence-electron chi connectivity index (χ3n) is 3.79. The molecule has 0 aromatic carbocycles. The standard InChI is InChI=1S/C14H14F3N5O/c15-14(16,17)11-7-10(20-21-11)9-3-1-6-22(8-9)13(23)12-18-4-2-5-19-12/h2,4-5,7,9H,1,3,6,8H2,(H,20,21)/t9-/m1/s1. The molecule has 1 fully saturated rings. The molecule has 0 spiro atoms. The van der Waals surface area contributed by atoms with E-state index in [4.69, 9.17) is 0 Å². The number of aromatic nitrogens is 4. The highest BCUT2D eigenvalue weighted by Gasteiger charge is 2.35. The van der Waals surface area contributed by atoms with Crippen LogP contribution in [0.5, 0.6) is 0 Å².